The number of hydrogen-bond acceptors (Lipinski definition) is 3. The van der Waals surface area contributed by atoms with Crippen LogP contribution < -0.4 is 5.32 Å². The molecule has 1 aromatic carbocycles. The number of piperidine rings is 1. The van der Waals surface area contributed by atoms with Crippen molar-refractivity contribution in [2.24, 2.45) is 0 Å². The van der Waals surface area contributed by atoms with E-state index in [1.807, 2.05) is 24.4 Å². The van der Waals surface area contributed by atoms with Gasteiger partial charge in [-0.2, -0.15) is 0 Å². The Morgan fingerprint density at radius 3 is 2.67 bits per heavy atom. The number of aromatic amines is 1. The van der Waals surface area contributed by atoms with Gasteiger partial charge in [0.1, 0.15) is 5.65 Å². The maximum atomic E-state index is 12.8. The van der Waals surface area contributed by atoms with Gasteiger partial charge in [-0.25, -0.2) is 4.98 Å². The number of nitrogens with zero attached hydrogens (tertiary/aromatic N) is 2. The molecule has 0 atom stereocenters. The number of carbonyl (C=O) groups excluding carboxylic acids is 2. The molecule has 4 rings (SSSR count). The Bertz CT molecular complexity index is 1060. The molecule has 30 heavy (non-hydrogen) atoms. The lowest BCUT2D eigenvalue weighted by molar-refractivity contribution is -0.143. The molecule has 1 aliphatic heterocycles. The molecule has 0 aliphatic carbocycles. The molecular weight excluding hydrogens is 376 g/mol. The van der Waals surface area contributed by atoms with Gasteiger partial charge in [0.05, 0.1) is 0 Å². The van der Waals surface area contributed by atoms with Gasteiger partial charge >= 0.3 is 11.8 Å². The van der Waals surface area contributed by atoms with E-state index in [4.69, 9.17) is 0 Å². The summed E-state index contributed by atoms with van der Waals surface area (Å²) in [6.45, 7) is 5.33. The third-order valence-electron chi connectivity index (χ3n) is 6.16. The smallest absolute Gasteiger partial charge is 0.313 e. The van der Waals surface area contributed by atoms with Crippen LogP contribution in [0.1, 0.15) is 49.3 Å². The molecule has 2 N–H and O–H groups in total. The fraction of sp³-hybridized carbons (Fsp3) is 0.375. The highest BCUT2D eigenvalue weighted by molar-refractivity contribution is 6.39. The summed E-state index contributed by atoms with van der Waals surface area (Å²) in [5, 5.41) is 3.99. The summed E-state index contributed by atoms with van der Waals surface area (Å²) in [6, 6.07) is 9.90. The second-order valence-corrected chi connectivity index (χ2v) is 7.81. The molecule has 0 spiro atoms. The van der Waals surface area contributed by atoms with Crippen LogP contribution >= 0.6 is 0 Å². The zero-order chi connectivity index (χ0) is 21.1. The van der Waals surface area contributed by atoms with E-state index in [1.54, 1.807) is 11.1 Å². The van der Waals surface area contributed by atoms with E-state index in [-0.39, 0.29) is 0 Å². The highest BCUT2D eigenvalue weighted by Gasteiger charge is 2.29. The number of aromatic nitrogens is 2. The van der Waals surface area contributed by atoms with Gasteiger partial charge < -0.3 is 15.2 Å². The molecule has 2 aromatic heterocycles. The van der Waals surface area contributed by atoms with Crippen molar-refractivity contribution in [3.63, 3.8) is 0 Å². The van der Waals surface area contributed by atoms with Gasteiger partial charge in [0.15, 0.2) is 0 Å². The minimum atomic E-state index is -0.548. The average Bonchev–Trinajstić information content (AvgIpc) is 3.22. The maximum Gasteiger partial charge on any atom is 0.313 e. The number of carbonyl (C=O) groups is 2. The number of fused-ring (bicyclic) bond motifs is 1. The first-order chi connectivity index (χ1) is 14.6. The molecule has 1 saturated heterocycles. The Morgan fingerprint density at radius 2 is 1.93 bits per heavy atom. The molecular formula is C24H28N4O2. The molecule has 0 saturated carbocycles. The quantitative estimate of drug-likeness (QED) is 0.645. The van der Waals surface area contributed by atoms with E-state index in [1.165, 1.54) is 11.1 Å². The van der Waals surface area contributed by atoms with Gasteiger partial charge in [-0.15, -0.1) is 0 Å². The lowest BCUT2D eigenvalue weighted by Gasteiger charge is -2.31. The molecule has 0 bridgehead atoms. The monoisotopic (exact) mass is 404 g/mol. The zero-order valence-electron chi connectivity index (χ0n) is 17.6. The molecule has 156 valence electrons. The SMILES string of the molecule is CCc1cccc(NC(=O)C(=O)N2CCC(c3c[nH]c4ncccc34)CC2)c1CC. The van der Waals surface area contributed by atoms with E-state index in [0.29, 0.717) is 19.0 Å². The second kappa shape index (κ2) is 8.69. The van der Waals surface area contributed by atoms with Gasteiger partial charge in [0, 0.05) is 36.6 Å². The van der Waals surface area contributed by atoms with Crippen molar-refractivity contribution in [3.05, 3.63) is 59.4 Å². The third kappa shape index (κ3) is 3.82. The molecule has 2 amide bonds. The minimum Gasteiger partial charge on any atom is -0.346 e. The van der Waals surface area contributed by atoms with Crippen molar-refractivity contribution in [2.45, 2.75) is 45.4 Å². The first kappa shape index (κ1) is 20.1. The van der Waals surface area contributed by atoms with Crippen LogP contribution in [-0.4, -0.2) is 39.8 Å². The first-order valence-electron chi connectivity index (χ1n) is 10.7. The van der Waals surface area contributed by atoms with Crippen molar-refractivity contribution in [1.29, 1.82) is 0 Å². The fourth-order valence-corrected chi connectivity index (χ4v) is 4.53. The number of H-pyrrole nitrogens is 1. The van der Waals surface area contributed by atoms with Crippen molar-refractivity contribution in [3.8, 4) is 0 Å². The predicted octanol–water partition coefficient (Wildman–Crippen LogP) is 4.03. The minimum absolute atomic E-state index is 0.364. The number of pyridine rings is 1. The number of anilines is 1. The van der Waals surface area contributed by atoms with Crippen LogP contribution in [0.5, 0.6) is 0 Å². The summed E-state index contributed by atoms with van der Waals surface area (Å²) in [5.41, 5.74) is 5.20. The molecule has 0 unspecified atom stereocenters. The Balaban J connectivity index is 1.40. The van der Waals surface area contributed by atoms with Gasteiger partial charge in [-0.1, -0.05) is 26.0 Å². The van der Waals surface area contributed by atoms with Gasteiger partial charge in [-0.3, -0.25) is 9.59 Å². The summed E-state index contributed by atoms with van der Waals surface area (Å²) in [7, 11) is 0. The van der Waals surface area contributed by atoms with Crippen LogP contribution in [0, 0.1) is 0 Å². The van der Waals surface area contributed by atoms with E-state index >= 15 is 0 Å². The summed E-state index contributed by atoms with van der Waals surface area (Å²) in [5.74, 6) is -0.631. The van der Waals surface area contributed by atoms with Gasteiger partial charge in [0.25, 0.3) is 0 Å². The molecule has 6 nitrogen and oxygen atoms in total. The van der Waals surface area contributed by atoms with E-state index in [9.17, 15) is 9.59 Å². The second-order valence-electron chi connectivity index (χ2n) is 7.81. The lowest BCUT2D eigenvalue weighted by atomic mass is 9.89. The maximum absolute atomic E-state index is 12.8. The standard InChI is InChI=1S/C24H28N4O2/c1-3-16-7-5-9-21(18(16)4-2)27-23(29)24(30)28-13-10-17(11-14-28)20-15-26-22-19(20)8-6-12-25-22/h5-9,12,15,17H,3-4,10-11,13-14H2,1-2H3,(H,25,26)(H,27,29). The number of aryl methyl sites for hydroxylation is 1. The van der Waals surface area contributed by atoms with Crippen LogP contribution in [-0.2, 0) is 22.4 Å². The highest BCUT2D eigenvalue weighted by atomic mass is 16.2. The molecule has 6 heteroatoms. The summed E-state index contributed by atoms with van der Waals surface area (Å²) in [6.07, 6.45) is 7.21. The number of likely N-dealkylation sites (tertiary alicyclic amines) is 1. The lowest BCUT2D eigenvalue weighted by Crippen LogP contribution is -2.43. The molecule has 3 aromatic rings. The summed E-state index contributed by atoms with van der Waals surface area (Å²) >= 11 is 0. The molecule has 0 radical (unpaired) electrons. The predicted molar refractivity (Wildman–Crippen MR) is 118 cm³/mol. The molecule has 1 aliphatic rings. The van der Waals surface area contributed by atoms with Crippen LogP contribution in [0.2, 0.25) is 0 Å². The fourth-order valence-electron chi connectivity index (χ4n) is 4.53. The number of amides is 2. The van der Waals surface area contributed by atoms with Crippen LogP contribution in [0.4, 0.5) is 5.69 Å². The average molecular weight is 405 g/mol. The normalized spacial score (nSPS) is 14.8. The Morgan fingerprint density at radius 1 is 1.13 bits per heavy atom. The van der Waals surface area contributed by atoms with Crippen molar-refractivity contribution in [2.75, 3.05) is 18.4 Å². The van der Waals surface area contributed by atoms with Crippen molar-refractivity contribution >= 4 is 28.5 Å². The van der Waals surface area contributed by atoms with Crippen LogP contribution in [0.25, 0.3) is 11.0 Å². The number of nitrogens with one attached hydrogen (secondary N) is 2. The number of hydrogen-bond donors (Lipinski definition) is 2. The highest BCUT2D eigenvalue weighted by Crippen LogP contribution is 2.32. The number of benzene rings is 1. The van der Waals surface area contributed by atoms with E-state index in [0.717, 1.165) is 48.0 Å². The number of rotatable bonds is 4. The first-order valence-corrected chi connectivity index (χ1v) is 10.7. The molecule has 1 fully saturated rings. The third-order valence-corrected chi connectivity index (χ3v) is 6.16. The van der Waals surface area contributed by atoms with Crippen molar-refractivity contribution in [1.82, 2.24) is 14.9 Å². The summed E-state index contributed by atoms with van der Waals surface area (Å²) in [4.78, 5) is 34.7. The Hall–Kier alpha value is -3.15. The largest absolute Gasteiger partial charge is 0.346 e. The van der Waals surface area contributed by atoms with Gasteiger partial charge in [-0.05, 0) is 66.5 Å². The topological polar surface area (TPSA) is 78.1 Å². The van der Waals surface area contributed by atoms with Crippen LogP contribution in [0.15, 0.2) is 42.7 Å². The van der Waals surface area contributed by atoms with Crippen molar-refractivity contribution < 1.29 is 9.59 Å². The molecule has 3 heterocycles. The Labute approximate surface area is 176 Å². The summed E-state index contributed by atoms with van der Waals surface area (Å²) < 4.78 is 0. The van der Waals surface area contributed by atoms with E-state index < -0.39 is 11.8 Å². The Kier molecular flexibility index (Phi) is 5.84. The zero-order valence-corrected chi connectivity index (χ0v) is 17.6. The van der Waals surface area contributed by atoms with Gasteiger partial charge in [0.2, 0.25) is 0 Å². The van der Waals surface area contributed by atoms with E-state index in [2.05, 4.69) is 41.3 Å². The van der Waals surface area contributed by atoms with Crippen LogP contribution in [0.3, 0.4) is 0 Å².